The molecule has 1 aromatic carbocycles. The highest BCUT2D eigenvalue weighted by Crippen LogP contribution is 2.37. The second kappa shape index (κ2) is 4.29. The van der Waals surface area contributed by atoms with E-state index in [0.29, 0.717) is 12.6 Å². The number of anilines is 1. The first-order valence-corrected chi connectivity index (χ1v) is 6.02. The average Bonchev–Trinajstić information content (AvgIpc) is 2.79. The first kappa shape index (κ1) is 11.0. The molecular formula is C14H15N3O. The van der Waals surface area contributed by atoms with Gasteiger partial charge in [0, 0.05) is 18.0 Å². The van der Waals surface area contributed by atoms with Gasteiger partial charge in [-0.05, 0) is 31.0 Å². The van der Waals surface area contributed by atoms with Crippen molar-refractivity contribution < 1.29 is 4.74 Å². The minimum atomic E-state index is 0.127. The summed E-state index contributed by atoms with van der Waals surface area (Å²) in [6.45, 7) is 4.81. The van der Waals surface area contributed by atoms with E-state index in [1.165, 1.54) is 16.7 Å². The Morgan fingerprint density at radius 1 is 1.22 bits per heavy atom. The number of rotatable bonds is 2. The summed E-state index contributed by atoms with van der Waals surface area (Å²) < 4.78 is 5.78. The molecule has 0 spiro atoms. The molecule has 0 radical (unpaired) electrons. The van der Waals surface area contributed by atoms with Crippen molar-refractivity contribution in [1.29, 1.82) is 0 Å². The van der Waals surface area contributed by atoms with Gasteiger partial charge in [-0.15, -0.1) is 0 Å². The van der Waals surface area contributed by atoms with E-state index in [-0.39, 0.29) is 6.04 Å². The lowest BCUT2D eigenvalue weighted by atomic mass is 10.0. The molecule has 0 saturated heterocycles. The number of hydrogen-bond acceptors (Lipinski definition) is 4. The summed E-state index contributed by atoms with van der Waals surface area (Å²) in [6, 6.07) is 6.17. The fourth-order valence-corrected chi connectivity index (χ4v) is 2.18. The molecule has 2 heterocycles. The van der Waals surface area contributed by atoms with Crippen LogP contribution in [0.25, 0.3) is 0 Å². The number of hydrogen-bond donors (Lipinski definition) is 1. The fraction of sp³-hybridized carbons (Fsp3) is 0.286. The predicted molar refractivity (Wildman–Crippen MR) is 69.8 cm³/mol. The van der Waals surface area contributed by atoms with Gasteiger partial charge < -0.3 is 10.1 Å². The Bertz CT molecular complexity index is 569. The van der Waals surface area contributed by atoms with Crippen molar-refractivity contribution in [3.05, 3.63) is 47.3 Å². The van der Waals surface area contributed by atoms with E-state index in [0.717, 1.165) is 5.75 Å². The van der Waals surface area contributed by atoms with Crippen molar-refractivity contribution in [3.8, 4) is 5.75 Å². The summed E-state index contributed by atoms with van der Waals surface area (Å²) >= 11 is 0. The fourth-order valence-electron chi connectivity index (χ4n) is 2.18. The maximum Gasteiger partial charge on any atom is 0.223 e. The average molecular weight is 241 g/mol. The predicted octanol–water partition coefficient (Wildman–Crippen LogP) is 2.64. The standard InChI is InChI=1S/C14H15N3O/c1-9-4-5-11-12(8-18-13(11)10(9)2)17-14-15-6-3-7-16-14/h3-7,12H,8H2,1-2H3,(H,15,16,17). The van der Waals surface area contributed by atoms with Gasteiger partial charge in [-0.3, -0.25) is 0 Å². The lowest BCUT2D eigenvalue weighted by Gasteiger charge is -2.11. The number of fused-ring (bicyclic) bond motifs is 1. The van der Waals surface area contributed by atoms with Gasteiger partial charge in [-0.25, -0.2) is 9.97 Å². The molecule has 0 aliphatic carbocycles. The van der Waals surface area contributed by atoms with Crippen molar-refractivity contribution in [2.24, 2.45) is 0 Å². The SMILES string of the molecule is Cc1ccc2c(c1C)OCC2Nc1ncccn1. The molecule has 4 nitrogen and oxygen atoms in total. The Hall–Kier alpha value is -2.10. The topological polar surface area (TPSA) is 47.0 Å². The molecule has 18 heavy (non-hydrogen) atoms. The molecule has 1 aliphatic rings. The van der Waals surface area contributed by atoms with Crippen molar-refractivity contribution in [2.45, 2.75) is 19.9 Å². The summed E-state index contributed by atoms with van der Waals surface area (Å²) in [7, 11) is 0. The Balaban J connectivity index is 1.90. The van der Waals surface area contributed by atoms with Crippen LogP contribution >= 0.6 is 0 Å². The maximum atomic E-state index is 5.78. The number of benzene rings is 1. The van der Waals surface area contributed by atoms with Gasteiger partial charge in [0.1, 0.15) is 12.4 Å². The smallest absolute Gasteiger partial charge is 0.223 e. The van der Waals surface area contributed by atoms with Crippen molar-refractivity contribution in [2.75, 3.05) is 11.9 Å². The van der Waals surface area contributed by atoms with Crippen LogP contribution in [0, 0.1) is 13.8 Å². The minimum absolute atomic E-state index is 0.127. The third-order valence-corrected chi connectivity index (χ3v) is 3.35. The summed E-state index contributed by atoms with van der Waals surface area (Å²) in [5, 5.41) is 3.30. The monoisotopic (exact) mass is 241 g/mol. The molecule has 0 saturated carbocycles. The Morgan fingerprint density at radius 3 is 2.78 bits per heavy atom. The largest absolute Gasteiger partial charge is 0.490 e. The highest BCUT2D eigenvalue weighted by molar-refractivity contribution is 5.51. The molecule has 0 fully saturated rings. The van der Waals surface area contributed by atoms with Gasteiger partial charge in [-0.1, -0.05) is 12.1 Å². The zero-order chi connectivity index (χ0) is 12.5. The first-order chi connectivity index (χ1) is 8.75. The number of aromatic nitrogens is 2. The van der Waals surface area contributed by atoms with E-state index >= 15 is 0 Å². The summed E-state index contributed by atoms with van der Waals surface area (Å²) in [5.74, 6) is 1.64. The molecule has 4 heteroatoms. The zero-order valence-corrected chi connectivity index (χ0v) is 10.5. The Kier molecular flexibility index (Phi) is 2.63. The van der Waals surface area contributed by atoms with Crippen molar-refractivity contribution >= 4 is 5.95 Å². The third-order valence-electron chi connectivity index (χ3n) is 3.35. The lowest BCUT2D eigenvalue weighted by molar-refractivity contribution is 0.337. The zero-order valence-electron chi connectivity index (χ0n) is 10.5. The number of ether oxygens (including phenoxy) is 1. The van der Waals surface area contributed by atoms with Crippen LogP contribution in [0.1, 0.15) is 22.7 Å². The highest BCUT2D eigenvalue weighted by atomic mass is 16.5. The van der Waals surface area contributed by atoms with Gasteiger partial charge in [0.05, 0.1) is 6.04 Å². The molecule has 3 rings (SSSR count). The molecule has 0 amide bonds. The van der Waals surface area contributed by atoms with E-state index in [9.17, 15) is 0 Å². The van der Waals surface area contributed by atoms with E-state index < -0.39 is 0 Å². The number of nitrogens with zero attached hydrogens (tertiary/aromatic N) is 2. The highest BCUT2D eigenvalue weighted by Gasteiger charge is 2.26. The Labute approximate surface area is 106 Å². The van der Waals surface area contributed by atoms with E-state index in [1.54, 1.807) is 18.5 Å². The lowest BCUT2D eigenvalue weighted by Crippen LogP contribution is -2.13. The van der Waals surface area contributed by atoms with Gasteiger partial charge in [0.25, 0.3) is 0 Å². The molecule has 1 aromatic heterocycles. The summed E-state index contributed by atoms with van der Waals surface area (Å²) in [5.41, 5.74) is 3.65. The second-order valence-electron chi connectivity index (χ2n) is 4.51. The van der Waals surface area contributed by atoms with E-state index in [1.807, 2.05) is 0 Å². The van der Waals surface area contributed by atoms with Crippen LogP contribution in [0.3, 0.4) is 0 Å². The Morgan fingerprint density at radius 2 is 2.00 bits per heavy atom. The van der Waals surface area contributed by atoms with Crippen LogP contribution in [0.4, 0.5) is 5.95 Å². The molecule has 0 bridgehead atoms. The van der Waals surface area contributed by atoms with Crippen LogP contribution in [-0.4, -0.2) is 16.6 Å². The molecule has 2 aromatic rings. The van der Waals surface area contributed by atoms with Gasteiger partial charge in [-0.2, -0.15) is 0 Å². The van der Waals surface area contributed by atoms with E-state index in [2.05, 4.69) is 41.3 Å². The van der Waals surface area contributed by atoms with Gasteiger partial charge in [0.2, 0.25) is 5.95 Å². The molecule has 1 unspecified atom stereocenters. The van der Waals surface area contributed by atoms with E-state index in [4.69, 9.17) is 4.74 Å². The van der Waals surface area contributed by atoms with Gasteiger partial charge in [0.15, 0.2) is 0 Å². The van der Waals surface area contributed by atoms with Crippen molar-refractivity contribution in [3.63, 3.8) is 0 Å². The summed E-state index contributed by atoms with van der Waals surface area (Å²) in [4.78, 5) is 8.35. The normalized spacial score (nSPS) is 17.1. The van der Waals surface area contributed by atoms with Crippen LogP contribution in [0.5, 0.6) is 5.75 Å². The minimum Gasteiger partial charge on any atom is -0.490 e. The van der Waals surface area contributed by atoms with Crippen LogP contribution < -0.4 is 10.1 Å². The quantitative estimate of drug-likeness (QED) is 0.878. The molecular weight excluding hydrogens is 226 g/mol. The molecule has 1 atom stereocenters. The van der Waals surface area contributed by atoms with Crippen LogP contribution in [0.15, 0.2) is 30.6 Å². The first-order valence-electron chi connectivity index (χ1n) is 6.02. The molecule has 92 valence electrons. The van der Waals surface area contributed by atoms with Crippen LogP contribution in [-0.2, 0) is 0 Å². The van der Waals surface area contributed by atoms with Gasteiger partial charge >= 0.3 is 0 Å². The number of aryl methyl sites for hydroxylation is 1. The maximum absolute atomic E-state index is 5.78. The third kappa shape index (κ3) is 1.79. The molecule has 1 N–H and O–H groups in total. The molecule has 1 aliphatic heterocycles. The summed E-state index contributed by atoms with van der Waals surface area (Å²) in [6.07, 6.45) is 3.46. The van der Waals surface area contributed by atoms with Crippen molar-refractivity contribution in [1.82, 2.24) is 9.97 Å². The number of nitrogens with one attached hydrogen (secondary N) is 1. The second-order valence-corrected chi connectivity index (χ2v) is 4.51. The van der Waals surface area contributed by atoms with Crippen LogP contribution in [0.2, 0.25) is 0 Å².